The Labute approximate surface area is 196 Å². The van der Waals surface area contributed by atoms with E-state index in [1.807, 2.05) is 0 Å². The van der Waals surface area contributed by atoms with Gasteiger partial charge in [0.05, 0.1) is 5.41 Å². The third-order valence-corrected chi connectivity index (χ3v) is 7.14. The Balaban J connectivity index is 1.68. The van der Waals surface area contributed by atoms with Crippen LogP contribution in [0.1, 0.15) is 33.4 Å². The molecule has 0 atom stereocenters. The Morgan fingerprint density at radius 2 is 0.788 bits per heavy atom. The van der Waals surface area contributed by atoms with Gasteiger partial charge in [-0.3, -0.25) is 0 Å². The first-order valence-corrected chi connectivity index (χ1v) is 11.8. The van der Waals surface area contributed by atoms with Crippen molar-refractivity contribution in [2.24, 2.45) is 0 Å². The predicted molar refractivity (Wildman–Crippen MR) is 138 cm³/mol. The van der Waals surface area contributed by atoms with E-state index in [0.29, 0.717) is 0 Å². The van der Waals surface area contributed by atoms with E-state index >= 15 is 0 Å². The van der Waals surface area contributed by atoms with Gasteiger partial charge in [0.2, 0.25) is 0 Å². The van der Waals surface area contributed by atoms with Crippen LogP contribution in [0.2, 0.25) is 0 Å². The van der Waals surface area contributed by atoms with Crippen molar-refractivity contribution in [3.63, 3.8) is 0 Å². The molecule has 5 aromatic carbocycles. The van der Waals surface area contributed by atoms with Crippen molar-refractivity contribution in [1.82, 2.24) is 0 Å². The number of rotatable bonds is 3. The summed E-state index contributed by atoms with van der Waals surface area (Å²) >= 11 is 0. The maximum atomic E-state index is 2.34. The van der Waals surface area contributed by atoms with Crippen molar-refractivity contribution in [1.29, 1.82) is 0 Å². The summed E-state index contributed by atoms with van der Waals surface area (Å²) in [6.45, 7) is 0. The van der Waals surface area contributed by atoms with Crippen LogP contribution in [0.5, 0.6) is 0 Å². The molecular formula is C33H26. The Morgan fingerprint density at radius 1 is 0.364 bits per heavy atom. The van der Waals surface area contributed by atoms with Gasteiger partial charge in [-0.1, -0.05) is 133 Å². The maximum absolute atomic E-state index is 2.34. The van der Waals surface area contributed by atoms with E-state index in [9.17, 15) is 0 Å². The van der Waals surface area contributed by atoms with Gasteiger partial charge >= 0.3 is 0 Å². The number of aryl methyl sites for hydroxylation is 2. The lowest BCUT2D eigenvalue weighted by molar-refractivity contribution is 0.739. The molecule has 0 spiro atoms. The lowest BCUT2D eigenvalue weighted by Crippen LogP contribution is -2.32. The molecular weight excluding hydrogens is 396 g/mol. The van der Waals surface area contributed by atoms with Gasteiger partial charge in [-0.05, 0) is 57.3 Å². The fourth-order valence-electron chi connectivity index (χ4n) is 5.64. The minimum absolute atomic E-state index is 0.347. The van der Waals surface area contributed by atoms with Gasteiger partial charge in [0.15, 0.2) is 0 Å². The molecule has 158 valence electrons. The Morgan fingerprint density at radius 3 is 1.36 bits per heavy atom. The van der Waals surface area contributed by atoms with E-state index < -0.39 is 0 Å². The summed E-state index contributed by atoms with van der Waals surface area (Å²) in [7, 11) is 0. The molecule has 0 heteroatoms. The molecule has 0 unspecified atom stereocenters. The van der Waals surface area contributed by atoms with Crippen LogP contribution in [-0.4, -0.2) is 0 Å². The van der Waals surface area contributed by atoms with Crippen LogP contribution < -0.4 is 0 Å². The summed E-state index contributed by atoms with van der Waals surface area (Å²) in [5.41, 5.74) is 10.4. The molecule has 0 fully saturated rings. The van der Waals surface area contributed by atoms with Gasteiger partial charge in [-0.15, -0.1) is 0 Å². The van der Waals surface area contributed by atoms with Crippen molar-refractivity contribution in [3.05, 3.63) is 167 Å². The molecule has 0 aromatic heterocycles. The van der Waals surface area contributed by atoms with Gasteiger partial charge in [-0.25, -0.2) is 0 Å². The highest BCUT2D eigenvalue weighted by Crippen LogP contribution is 2.49. The molecule has 0 saturated heterocycles. The number of benzene rings is 5. The van der Waals surface area contributed by atoms with Crippen molar-refractivity contribution in [2.75, 3.05) is 0 Å². The average molecular weight is 423 g/mol. The summed E-state index contributed by atoms with van der Waals surface area (Å²) in [6.07, 6.45) is 2.12. The monoisotopic (exact) mass is 422 g/mol. The van der Waals surface area contributed by atoms with Crippen molar-refractivity contribution in [2.45, 2.75) is 18.3 Å². The topological polar surface area (TPSA) is 0 Å². The minimum atomic E-state index is -0.347. The number of hydrogen-bond donors (Lipinski definition) is 0. The molecule has 5 aromatic rings. The van der Waals surface area contributed by atoms with E-state index in [1.54, 1.807) is 0 Å². The van der Waals surface area contributed by atoms with Crippen LogP contribution in [-0.2, 0) is 18.3 Å². The first kappa shape index (κ1) is 19.8. The molecule has 1 aliphatic rings. The van der Waals surface area contributed by atoms with Gasteiger partial charge in [0.25, 0.3) is 0 Å². The normalized spacial score (nSPS) is 14.1. The Hall–Kier alpha value is -3.90. The van der Waals surface area contributed by atoms with Crippen molar-refractivity contribution >= 4 is 0 Å². The molecule has 6 rings (SSSR count). The maximum Gasteiger partial charge on any atom is 0.0706 e. The zero-order valence-electron chi connectivity index (χ0n) is 18.6. The SMILES string of the molecule is c1ccc(-c2ccc(C3(c4ccccc4)c4ccccc4CCc4ccccc43)cc2)cc1. The van der Waals surface area contributed by atoms with Crippen LogP contribution in [0.3, 0.4) is 0 Å². The zero-order valence-corrected chi connectivity index (χ0v) is 18.6. The summed E-state index contributed by atoms with van der Waals surface area (Å²) in [6, 6.07) is 49.0. The summed E-state index contributed by atoms with van der Waals surface area (Å²) in [5.74, 6) is 0. The van der Waals surface area contributed by atoms with E-state index in [4.69, 9.17) is 0 Å². The van der Waals surface area contributed by atoms with Gasteiger partial charge in [0.1, 0.15) is 0 Å². The third kappa shape index (κ3) is 3.22. The predicted octanol–water partition coefficient (Wildman–Crippen LogP) is 7.83. The molecule has 0 saturated carbocycles. The third-order valence-electron chi connectivity index (χ3n) is 7.14. The van der Waals surface area contributed by atoms with Gasteiger partial charge < -0.3 is 0 Å². The van der Waals surface area contributed by atoms with Crippen LogP contribution in [0.25, 0.3) is 11.1 Å². The Bertz CT molecular complexity index is 1330. The standard InChI is InChI=1S/C33H26/c1-3-11-25(12-4-1)26-21-23-30(24-22-26)33(29-15-5-2-6-16-29)31-17-9-7-13-27(31)19-20-28-14-8-10-18-32(28)33/h1-18,21-24H,19-20H2. The smallest absolute Gasteiger partial charge is 0.0622 e. The van der Waals surface area contributed by atoms with Gasteiger partial charge in [0, 0.05) is 0 Å². The second-order valence-corrected chi connectivity index (χ2v) is 8.87. The molecule has 0 bridgehead atoms. The van der Waals surface area contributed by atoms with Crippen LogP contribution in [0, 0.1) is 0 Å². The molecule has 0 heterocycles. The zero-order chi connectivity index (χ0) is 22.1. The fourth-order valence-corrected chi connectivity index (χ4v) is 5.64. The second-order valence-electron chi connectivity index (χ2n) is 8.87. The first-order valence-electron chi connectivity index (χ1n) is 11.8. The summed E-state index contributed by atoms with van der Waals surface area (Å²) < 4.78 is 0. The minimum Gasteiger partial charge on any atom is -0.0622 e. The second kappa shape index (κ2) is 8.22. The van der Waals surface area contributed by atoms with E-state index in [1.165, 1.54) is 44.5 Å². The number of fused-ring (bicyclic) bond motifs is 2. The highest BCUT2D eigenvalue weighted by atomic mass is 14.4. The van der Waals surface area contributed by atoms with Crippen LogP contribution >= 0.6 is 0 Å². The largest absolute Gasteiger partial charge is 0.0706 e. The summed E-state index contributed by atoms with van der Waals surface area (Å²) in [5, 5.41) is 0. The van der Waals surface area contributed by atoms with E-state index in [2.05, 4.69) is 133 Å². The molecule has 0 aliphatic heterocycles. The first-order chi connectivity index (χ1) is 16.4. The molecule has 0 amide bonds. The molecule has 1 aliphatic carbocycles. The molecule has 0 nitrogen and oxygen atoms in total. The lowest BCUT2D eigenvalue weighted by Gasteiger charge is -2.38. The van der Waals surface area contributed by atoms with Crippen molar-refractivity contribution in [3.8, 4) is 11.1 Å². The van der Waals surface area contributed by atoms with Gasteiger partial charge in [-0.2, -0.15) is 0 Å². The highest BCUT2D eigenvalue weighted by molar-refractivity contribution is 5.68. The molecule has 0 radical (unpaired) electrons. The van der Waals surface area contributed by atoms with Crippen molar-refractivity contribution < 1.29 is 0 Å². The molecule has 33 heavy (non-hydrogen) atoms. The van der Waals surface area contributed by atoms with E-state index in [0.717, 1.165) is 12.8 Å². The average Bonchev–Trinajstić information content (AvgIpc) is 3.05. The number of hydrogen-bond acceptors (Lipinski definition) is 0. The van der Waals surface area contributed by atoms with E-state index in [-0.39, 0.29) is 5.41 Å². The summed E-state index contributed by atoms with van der Waals surface area (Å²) in [4.78, 5) is 0. The van der Waals surface area contributed by atoms with Crippen LogP contribution in [0.15, 0.2) is 133 Å². The highest BCUT2D eigenvalue weighted by Gasteiger charge is 2.42. The Kier molecular flexibility index (Phi) is 4.92. The fraction of sp³-hybridized carbons (Fsp3) is 0.0909. The lowest BCUT2D eigenvalue weighted by atomic mass is 9.63. The molecule has 0 N–H and O–H groups in total. The quantitative estimate of drug-likeness (QED) is 0.278. The van der Waals surface area contributed by atoms with Crippen LogP contribution in [0.4, 0.5) is 0 Å².